The van der Waals surface area contributed by atoms with Gasteiger partial charge in [0.25, 0.3) is 0 Å². The summed E-state index contributed by atoms with van der Waals surface area (Å²) in [5.41, 5.74) is 12.0. The molecule has 0 N–H and O–H groups in total. The number of hydrogen-bond donors (Lipinski definition) is 0. The second-order valence-electron chi connectivity index (χ2n) is 14.3. The van der Waals surface area contributed by atoms with Gasteiger partial charge in [-0.1, -0.05) is 146 Å². The van der Waals surface area contributed by atoms with Crippen LogP contribution < -0.4 is 0 Å². The van der Waals surface area contributed by atoms with E-state index in [-0.39, 0.29) is 0 Å². The van der Waals surface area contributed by atoms with Crippen LogP contribution in [0.5, 0.6) is 0 Å². The highest BCUT2D eigenvalue weighted by Crippen LogP contribution is 2.42. The van der Waals surface area contributed by atoms with Crippen LogP contribution >= 0.6 is 0 Å². The molecule has 3 aromatic heterocycles. The molecule has 0 fully saturated rings. The fourth-order valence-corrected chi connectivity index (χ4v) is 8.19. The van der Waals surface area contributed by atoms with E-state index in [4.69, 9.17) is 25.9 Å². The van der Waals surface area contributed by atoms with E-state index in [0.29, 0.717) is 23.2 Å². The first-order chi connectivity index (χ1) is 28.7. The predicted molar refractivity (Wildman–Crippen MR) is 235 cm³/mol. The lowest BCUT2D eigenvalue weighted by atomic mass is 9.96. The van der Waals surface area contributed by atoms with Crippen LogP contribution in [-0.2, 0) is 0 Å². The molecular weight excluding hydrogens is 711 g/mol. The summed E-state index contributed by atoms with van der Waals surface area (Å²) in [6.45, 7) is 7.65. The van der Waals surface area contributed by atoms with E-state index >= 15 is 0 Å². The molecule has 58 heavy (non-hydrogen) atoms. The highest BCUT2D eigenvalue weighted by atomic mass is 16.3. The first kappa shape index (κ1) is 33.2. The maximum absolute atomic E-state index is 7.65. The molecule has 0 unspecified atom stereocenters. The van der Waals surface area contributed by atoms with Gasteiger partial charge in [-0.3, -0.25) is 0 Å². The van der Waals surface area contributed by atoms with Crippen molar-refractivity contribution in [3.8, 4) is 62.1 Å². The van der Waals surface area contributed by atoms with Crippen LogP contribution in [0.4, 0.5) is 5.69 Å². The Balaban J connectivity index is 1.23. The van der Waals surface area contributed by atoms with Gasteiger partial charge >= 0.3 is 0 Å². The number of nitrogens with zero attached hydrogens (tertiary/aromatic N) is 5. The summed E-state index contributed by atoms with van der Waals surface area (Å²) in [4.78, 5) is 19.3. The Morgan fingerprint density at radius 1 is 0.414 bits per heavy atom. The molecular formula is C52H31N5O. The normalized spacial score (nSPS) is 11.4. The monoisotopic (exact) mass is 741 g/mol. The van der Waals surface area contributed by atoms with Crippen molar-refractivity contribution >= 4 is 49.4 Å². The first-order valence-corrected chi connectivity index (χ1v) is 19.1. The summed E-state index contributed by atoms with van der Waals surface area (Å²) >= 11 is 0. The van der Waals surface area contributed by atoms with Crippen LogP contribution in [0.25, 0.3) is 111 Å². The van der Waals surface area contributed by atoms with Gasteiger partial charge in [0.1, 0.15) is 11.2 Å². The van der Waals surface area contributed by atoms with Gasteiger partial charge in [-0.2, -0.15) is 0 Å². The molecule has 0 aliphatic carbocycles. The van der Waals surface area contributed by atoms with Gasteiger partial charge in [-0.25, -0.2) is 19.8 Å². The lowest BCUT2D eigenvalue weighted by Crippen LogP contribution is -2.04. The largest absolute Gasteiger partial charge is 0.456 e. The third-order valence-electron chi connectivity index (χ3n) is 10.9. The van der Waals surface area contributed by atoms with E-state index < -0.39 is 0 Å². The summed E-state index contributed by atoms with van der Waals surface area (Å²) in [6.07, 6.45) is 0. The zero-order chi connectivity index (χ0) is 38.6. The molecule has 0 spiro atoms. The van der Waals surface area contributed by atoms with Gasteiger partial charge in [0.2, 0.25) is 0 Å². The Morgan fingerprint density at radius 2 is 1.02 bits per heavy atom. The molecule has 0 bridgehead atoms. The van der Waals surface area contributed by atoms with E-state index in [1.54, 1.807) is 0 Å². The van der Waals surface area contributed by atoms with Crippen molar-refractivity contribution in [3.05, 3.63) is 199 Å². The quantitative estimate of drug-likeness (QED) is 0.159. The summed E-state index contributed by atoms with van der Waals surface area (Å²) in [5, 5.41) is 4.38. The van der Waals surface area contributed by atoms with Crippen molar-refractivity contribution in [2.45, 2.75) is 0 Å². The third kappa shape index (κ3) is 5.53. The average molecular weight is 742 g/mol. The number of furan rings is 1. The molecule has 0 saturated heterocycles. The van der Waals surface area contributed by atoms with Crippen LogP contribution in [0.2, 0.25) is 0 Å². The minimum atomic E-state index is 0.556. The summed E-state index contributed by atoms with van der Waals surface area (Å²) in [6, 6.07) is 64.1. The number of rotatable bonds is 6. The lowest BCUT2D eigenvalue weighted by molar-refractivity contribution is 0.669. The van der Waals surface area contributed by atoms with Crippen LogP contribution in [-0.4, -0.2) is 19.5 Å². The summed E-state index contributed by atoms with van der Waals surface area (Å²) in [5.74, 6) is 1.74. The van der Waals surface area contributed by atoms with E-state index in [0.717, 1.165) is 88.4 Å². The van der Waals surface area contributed by atoms with Crippen molar-refractivity contribution in [2.75, 3.05) is 0 Å². The molecule has 6 heteroatoms. The fraction of sp³-hybridized carbons (Fsp3) is 0. The van der Waals surface area contributed by atoms with Crippen molar-refractivity contribution in [3.63, 3.8) is 0 Å². The Labute approximate surface area is 333 Å². The summed E-state index contributed by atoms with van der Waals surface area (Å²) in [7, 11) is 0. The van der Waals surface area contributed by atoms with Crippen LogP contribution in [0.15, 0.2) is 192 Å². The van der Waals surface area contributed by atoms with Crippen molar-refractivity contribution < 1.29 is 4.42 Å². The van der Waals surface area contributed by atoms with Crippen LogP contribution in [0.1, 0.15) is 0 Å². The third-order valence-corrected chi connectivity index (χ3v) is 10.9. The molecule has 0 aliphatic heterocycles. The predicted octanol–water partition coefficient (Wildman–Crippen LogP) is 13.8. The second-order valence-corrected chi connectivity index (χ2v) is 14.3. The number of aromatic nitrogens is 4. The minimum Gasteiger partial charge on any atom is -0.456 e. The number of fused-ring (bicyclic) bond motifs is 6. The van der Waals surface area contributed by atoms with Crippen molar-refractivity contribution in [2.24, 2.45) is 0 Å². The van der Waals surface area contributed by atoms with Gasteiger partial charge in [0, 0.05) is 38.2 Å². The second kappa shape index (κ2) is 13.6. The molecule has 0 atom stereocenters. The average Bonchev–Trinajstić information content (AvgIpc) is 3.85. The van der Waals surface area contributed by atoms with Crippen LogP contribution in [0, 0.1) is 6.57 Å². The summed E-state index contributed by atoms with van der Waals surface area (Å²) < 4.78 is 8.67. The Morgan fingerprint density at radius 3 is 1.79 bits per heavy atom. The molecule has 0 saturated carbocycles. The Bertz CT molecular complexity index is 3360. The van der Waals surface area contributed by atoms with E-state index in [2.05, 4.69) is 100 Å². The zero-order valence-corrected chi connectivity index (χ0v) is 31.0. The van der Waals surface area contributed by atoms with Gasteiger partial charge < -0.3 is 8.98 Å². The molecule has 11 rings (SSSR count). The van der Waals surface area contributed by atoms with Gasteiger partial charge in [0.05, 0.1) is 23.3 Å². The molecule has 0 aliphatic rings. The maximum atomic E-state index is 7.65. The smallest absolute Gasteiger partial charge is 0.187 e. The van der Waals surface area contributed by atoms with Crippen molar-refractivity contribution in [1.82, 2.24) is 19.5 Å². The van der Waals surface area contributed by atoms with E-state index in [9.17, 15) is 0 Å². The van der Waals surface area contributed by atoms with E-state index in [1.165, 1.54) is 0 Å². The molecule has 8 aromatic carbocycles. The SMILES string of the molecule is [C-]#[N+]c1cccc(-c2ccc3c4ccccc4n(-c4ccc(-c5cccc6oc7ccccc7c56)cc4-c4nc(-c5ccccc5)nc(-c5ccccc5)n4)c3c2)c1. The Kier molecular flexibility index (Phi) is 7.76. The van der Waals surface area contributed by atoms with Gasteiger partial charge in [0.15, 0.2) is 23.2 Å². The standard InChI is InChI=1S/C52H31N5O/c1-53-38-19-12-18-35(30-38)36-26-28-41-40-20-8-10-23-44(40)57(46(41)32-36)45-29-27-37(39-22-13-25-48-49(39)42-21-9-11-24-47(42)58-48)31-43(45)52-55-50(33-14-4-2-5-15-33)54-51(56-52)34-16-6-3-7-17-34/h2-32H. The first-order valence-electron chi connectivity index (χ1n) is 19.1. The topological polar surface area (TPSA) is 61.1 Å². The molecule has 0 amide bonds. The fourth-order valence-electron chi connectivity index (χ4n) is 8.19. The van der Waals surface area contributed by atoms with E-state index in [1.807, 2.05) is 97.1 Å². The van der Waals surface area contributed by atoms with Gasteiger partial charge in [-0.15, -0.1) is 0 Å². The van der Waals surface area contributed by atoms with Crippen LogP contribution in [0.3, 0.4) is 0 Å². The highest BCUT2D eigenvalue weighted by Gasteiger charge is 2.22. The number of benzene rings is 8. The zero-order valence-electron chi connectivity index (χ0n) is 31.0. The van der Waals surface area contributed by atoms with Gasteiger partial charge in [-0.05, 0) is 64.7 Å². The van der Waals surface area contributed by atoms with Crippen molar-refractivity contribution in [1.29, 1.82) is 0 Å². The number of hydrogen-bond acceptors (Lipinski definition) is 4. The lowest BCUT2D eigenvalue weighted by Gasteiger charge is -2.17. The molecule has 0 radical (unpaired) electrons. The molecule has 6 nitrogen and oxygen atoms in total. The molecule has 11 aromatic rings. The number of para-hydroxylation sites is 2. The molecule has 3 heterocycles. The minimum absolute atomic E-state index is 0.556. The maximum Gasteiger partial charge on any atom is 0.187 e. The Hall–Kier alpha value is -8.14. The molecule has 270 valence electrons. The highest BCUT2D eigenvalue weighted by molar-refractivity contribution is 6.13.